The van der Waals surface area contributed by atoms with Crippen molar-refractivity contribution in [2.75, 3.05) is 6.54 Å². The summed E-state index contributed by atoms with van der Waals surface area (Å²) in [6.07, 6.45) is 0. The molecule has 0 aromatic heterocycles. The third-order valence-electron chi connectivity index (χ3n) is 2.88. The molecule has 0 bridgehead atoms. The molecule has 21 heavy (non-hydrogen) atoms. The summed E-state index contributed by atoms with van der Waals surface area (Å²) in [7, 11) is -3.55. The molecule has 0 aliphatic heterocycles. The van der Waals surface area contributed by atoms with E-state index < -0.39 is 10.0 Å². The lowest BCUT2D eigenvalue weighted by molar-refractivity contribution is 0.581. The minimum atomic E-state index is -3.55. The highest BCUT2D eigenvalue weighted by Gasteiger charge is 2.18. The average molecular weight is 318 g/mol. The first-order valence-electron chi connectivity index (χ1n) is 6.28. The molecule has 0 aliphatic carbocycles. The predicted octanol–water partition coefficient (Wildman–Crippen LogP) is 2.92. The number of hydrogen-bond donors (Lipinski definition) is 1. The molecule has 2 aromatic carbocycles. The molecule has 6 heteroatoms. The van der Waals surface area contributed by atoms with Gasteiger partial charge in [-0.1, -0.05) is 48.5 Å². The number of benzene rings is 2. The van der Waals surface area contributed by atoms with Gasteiger partial charge in [-0.3, -0.25) is 0 Å². The lowest BCUT2D eigenvalue weighted by Gasteiger charge is -2.14. The molecule has 2 rings (SSSR count). The van der Waals surface area contributed by atoms with Gasteiger partial charge in [0.25, 0.3) is 0 Å². The molecule has 108 valence electrons. The van der Waals surface area contributed by atoms with Crippen LogP contribution in [0, 0.1) is 10.7 Å². The Kier molecular flexibility index (Phi) is 5.39. The van der Waals surface area contributed by atoms with Crippen molar-refractivity contribution in [3.05, 3.63) is 66.2 Å². The number of nitriles is 1. The van der Waals surface area contributed by atoms with E-state index in [4.69, 9.17) is 5.26 Å². The Morgan fingerprint density at radius 3 is 2.19 bits per heavy atom. The van der Waals surface area contributed by atoms with Crippen molar-refractivity contribution in [2.45, 2.75) is 10.1 Å². The van der Waals surface area contributed by atoms with Gasteiger partial charge in [0.15, 0.2) is 0 Å². The van der Waals surface area contributed by atoms with Crippen LogP contribution in [0.15, 0.2) is 65.6 Å². The number of nitrogens with one attached hydrogen (secondary N) is 1. The van der Waals surface area contributed by atoms with Crippen LogP contribution in [0.25, 0.3) is 0 Å². The first kappa shape index (κ1) is 15.6. The Bertz CT molecular complexity index is 710. The number of rotatable bonds is 6. The van der Waals surface area contributed by atoms with Crippen molar-refractivity contribution < 1.29 is 8.42 Å². The molecule has 0 saturated heterocycles. The van der Waals surface area contributed by atoms with E-state index in [0.29, 0.717) is 0 Å². The Labute approximate surface area is 128 Å². The second-order valence-electron chi connectivity index (χ2n) is 4.27. The zero-order valence-electron chi connectivity index (χ0n) is 11.1. The van der Waals surface area contributed by atoms with Gasteiger partial charge in [0, 0.05) is 6.54 Å². The van der Waals surface area contributed by atoms with Gasteiger partial charge in [-0.2, -0.15) is 5.26 Å². The Morgan fingerprint density at radius 2 is 1.62 bits per heavy atom. The number of nitrogens with zero attached hydrogens (tertiary/aromatic N) is 1. The van der Waals surface area contributed by atoms with Crippen LogP contribution in [0.5, 0.6) is 0 Å². The third-order valence-corrected chi connectivity index (χ3v) is 5.15. The maximum atomic E-state index is 12.2. The topological polar surface area (TPSA) is 70.0 Å². The largest absolute Gasteiger partial charge is 0.240 e. The molecule has 0 radical (unpaired) electrons. The average Bonchev–Trinajstić information content (AvgIpc) is 2.53. The summed E-state index contributed by atoms with van der Waals surface area (Å²) in [5.74, 6) is 0. The molecule has 1 N–H and O–H groups in total. The Balaban J connectivity index is 2.11. The first-order valence-corrected chi connectivity index (χ1v) is 8.64. The van der Waals surface area contributed by atoms with Gasteiger partial charge in [-0.15, -0.1) is 0 Å². The highest BCUT2D eigenvalue weighted by molar-refractivity contribution is 8.04. The van der Waals surface area contributed by atoms with Crippen LogP contribution < -0.4 is 4.72 Å². The standard InChI is InChI=1S/C15H14N2O2S2/c16-12-20-15(13-7-3-1-4-8-13)11-17-21(18,19)14-9-5-2-6-10-14/h1-10,15,17H,11H2. The van der Waals surface area contributed by atoms with Crippen molar-refractivity contribution in [3.8, 4) is 5.40 Å². The maximum absolute atomic E-state index is 12.2. The van der Waals surface area contributed by atoms with Crippen LogP contribution >= 0.6 is 11.8 Å². The van der Waals surface area contributed by atoms with Crippen LogP contribution in [0.1, 0.15) is 10.8 Å². The summed E-state index contributed by atoms with van der Waals surface area (Å²) in [6.45, 7) is 0.166. The second kappa shape index (κ2) is 7.27. The van der Waals surface area contributed by atoms with E-state index in [1.807, 2.05) is 35.7 Å². The zero-order valence-corrected chi connectivity index (χ0v) is 12.8. The maximum Gasteiger partial charge on any atom is 0.240 e. The van der Waals surface area contributed by atoms with Crippen molar-refractivity contribution in [1.82, 2.24) is 4.72 Å². The third kappa shape index (κ3) is 4.33. The van der Waals surface area contributed by atoms with E-state index in [0.717, 1.165) is 17.3 Å². The number of sulfonamides is 1. The normalized spacial score (nSPS) is 12.5. The summed E-state index contributed by atoms with van der Waals surface area (Å²) >= 11 is 1.04. The van der Waals surface area contributed by atoms with Gasteiger partial charge >= 0.3 is 0 Å². The molecule has 1 unspecified atom stereocenters. The van der Waals surface area contributed by atoms with Gasteiger partial charge in [0.2, 0.25) is 10.0 Å². The SMILES string of the molecule is N#CSC(CNS(=O)(=O)c1ccccc1)c1ccccc1. The zero-order chi connectivity index (χ0) is 15.1. The molecule has 4 nitrogen and oxygen atoms in total. The van der Waals surface area contributed by atoms with Crippen LogP contribution in [-0.2, 0) is 10.0 Å². The smallest absolute Gasteiger partial charge is 0.210 e. The minimum Gasteiger partial charge on any atom is -0.210 e. The molecule has 0 amide bonds. The van der Waals surface area contributed by atoms with Gasteiger partial charge < -0.3 is 0 Å². The van der Waals surface area contributed by atoms with Gasteiger partial charge in [-0.05, 0) is 29.5 Å². The lowest BCUT2D eigenvalue weighted by Crippen LogP contribution is -2.27. The molecular formula is C15H14N2O2S2. The predicted molar refractivity (Wildman–Crippen MR) is 84.0 cm³/mol. The van der Waals surface area contributed by atoms with E-state index in [-0.39, 0.29) is 16.7 Å². The molecule has 1 atom stereocenters. The van der Waals surface area contributed by atoms with Crippen LogP contribution in [0.3, 0.4) is 0 Å². The van der Waals surface area contributed by atoms with Crippen LogP contribution in [0.4, 0.5) is 0 Å². The summed E-state index contributed by atoms with van der Waals surface area (Å²) < 4.78 is 26.9. The van der Waals surface area contributed by atoms with Crippen LogP contribution in [-0.4, -0.2) is 15.0 Å². The number of thioether (sulfide) groups is 1. The van der Waals surface area contributed by atoms with Gasteiger partial charge in [0.1, 0.15) is 5.40 Å². The Morgan fingerprint density at radius 1 is 1.05 bits per heavy atom. The molecule has 0 saturated carbocycles. The summed E-state index contributed by atoms with van der Waals surface area (Å²) in [5, 5.41) is 10.7. The number of thiocyanates is 1. The quantitative estimate of drug-likeness (QED) is 0.831. The Hall–Kier alpha value is -1.81. The second-order valence-corrected chi connectivity index (χ2v) is 7.03. The first-order chi connectivity index (χ1) is 10.1. The summed E-state index contributed by atoms with van der Waals surface area (Å²) in [5.41, 5.74) is 0.916. The van der Waals surface area contributed by atoms with Crippen molar-refractivity contribution in [3.63, 3.8) is 0 Å². The van der Waals surface area contributed by atoms with Gasteiger partial charge in [-0.25, -0.2) is 13.1 Å². The molecule has 0 aliphatic rings. The van der Waals surface area contributed by atoms with E-state index in [1.54, 1.807) is 18.2 Å². The number of hydrogen-bond acceptors (Lipinski definition) is 4. The fourth-order valence-electron chi connectivity index (χ4n) is 1.83. The fraction of sp³-hybridized carbons (Fsp3) is 0.133. The van der Waals surface area contributed by atoms with Crippen molar-refractivity contribution in [2.24, 2.45) is 0 Å². The van der Waals surface area contributed by atoms with Gasteiger partial charge in [0.05, 0.1) is 10.1 Å². The van der Waals surface area contributed by atoms with E-state index in [9.17, 15) is 8.42 Å². The lowest BCUT2D eigenvalue weighted by atomic mass is 10.1. The monoisotopic (exact) mass is 318 g/mol. The summed E-state index contributed by atoms with van der Waals surface area (Å²) in [6, 6.07) is 17.6. The molecule has 0 spiro atoms. The molecular weight excluding hydrogens is 304 g/mol. The minimum absolute atomic E-state index is 0.166. The van der Waals surface area contributed by atoms with E-state index in [2.05, 4.69) is 4.72 Å². The fourth-order valence-corrected chi connectivity index (χ4v) is 3.59. The summed E-state index contributed by atoms with van der Waals surface area (Å²) in [4.78, 5) is 0.221. The molecule has 0 fully saturated rings. The van der Waals surface area contributed by atoms with Crippen molar-refractivity contribution in [1.29, 1.82) is 5.26 Å². The van der Waals surface area contributed by atoms with E-state index in [1.165, 1.54) is 12.1 Å². The van der Waals surface area contributed by atoms with E-state index >= 15 is 0 Å². The van der Waals surface area contributed by atoms with Crippen LogP contribution in [0.2, 0.25) is 0 Å². The van der Waals surface area contributed by atoms with Crippen molar-refractivity contribution >= 4 is 21.8 Å². The molecule has 2 aromatic rings. The highest BCUT2D eigenvalue weighted by Crippen LogP contribution is 2.27. The molecule has 0 heterocycles. The highest BCUT2D eigenvalue weighted by atomic mass is 32.2.